The molecule has 1 heterocycles. The molecule has 4 fully saturated rings. The summed E-state index contributed by atoms with van der Waals surface area (Å²) in [5.74, 6) is 4.56. The molecular formula is C41H36N4. The fraction of sp³-hybridized carbons (Fsp3) is 0.317. The number of nitrogens with zero attached hydrogens (tertiary/aromatic N) is 4. The molecule has 220 valence electrons. The predicted molar refractivity (Wildman–Crippen MR) is 178 cm³/mol. The summed E-state index contributed by atoms with van der Waals surface area (Å²) >= 11 is 0. The van der Waals surface area contributed by atoms with Crippen molar-refractivity contribution in [3.63, 3.8) is 0 Å². The van der Waals surface area contributed by atoms with Crippen LogP contribution in [0.1, 0.15) is 74.6 Å². The molecule has 0 radical (unpaired) electrons. The molecule has 4 aromatic carbocycles. The molecular weight excluding hydrogens is 548 g/mol. The Bertz CT molecular complexity index is 1930. The topological polar surface area (TPSA) is 62.5 Å². The lowest BCUT2D eigenvalue weighted by atomic mass is 9.48. The number of fused-ring (bicyclic) bond motifs is 3. The van der Waals surface area contributed by atoms with E-state index >= 15 is 0 Å². The van der Waals surface area contributed by atoms with Gasteiger partial charge in [-0.2, -0.15) is 5.26 Å². The molecule has 0 saturated heterocycles. The maximum Gasteiger partial charge on any atom is 0.164 e. The van der Waals surface area contributed by atoms with Crippen LogP contribution in [-0.4, -0.2) is 15.0 Å². The molecule has 5 aliphatic rings. The van der Waals surface area contributed by atoms with Crippen molar-refractivity contribution in [3.8, 4) is 51.4 Å². The molecule has 0 unspecified atom stereocenters. The van der Waals surface area contributed by atoms with Gasteiger partial charge in [-0.3, -0.25) is 0 Å². The Morgan fingerprint density at radius 3 is 1.69 bits per heavy atom. The average molecular weight is 585 g/mol. The van der Waals surface area contributed by atoms with Crippen LogP contribution in [0.4, 0.5) is 0 Å². The third-order valence-corrected chi connectivity index (χ3v) is 11.5. The third-order valence-electron chi connectivity index (χ3n) is 11.5. The molecule has 4 bridgehead atoms. The largest absolute Gasteiger partial charge is 0.208 e. The lowest BCUT2D eigenvalue weighted by molar-refractivity contribution is -0.00522. The fourth-order valence-corrected chi connectivity index (χ4v) is 9.80. The number of nitriles is 1. The summed E-state index contributed by atoms with van der Waals surface area (Å²) in [4.78, 5) is 14.8. The zero-order valence-electron chi connectivity index (χ0n) is 25.9. The van der Waals surface area contributed by atoms with Gasteiger partial charge < -0.3 is 0 Å². The Labute approximate surface area is 265 Å². The van der Waals surface area contributed by atoms with Crippen molar-refractivity contribution in [2.75, 3.05) is 0 Å². The smallest absolute Gasteiger partial charge is 0.164 e. The van der Waals surface area contributed by atoms with E-state index in [1.807, 2.05) is 66.7 Å². The van der Waals surface area contributed by atoms with Crippen molar-refractivity contribution in [2.24, 2.45) is 17.8 Å². The van der Waals surface area contributed by atoms with Gasteiger partial charge in [-0.15, -0.1) is 0 Å². The second-order valence-corrected chi connectivity index (χ2v) is 14.7. The molecule has 4 nitrogen and oxygen atoms in total. The maximum absolute atomic E-state index is 10.5. The van der Waals surface area contributed by atoms with Gasteiger partial charge in [0.05, 0.1) is 11.6 Å². The molecule has 0 amide bonds. The van der Waals surface area contributed by atoms with Crippen LogP contribution in [0.2, 0.25) is 0 Å². The SMILES string of the molecule is CC1(C)c2cc(C34CC5CC(CC(C5)C3)C4)ccc2-c2c(C#N)cc(-c3nc(-c4ccccc4)nc(-c4ccccc4)n3)cc21. The van der Waals surface area contributed by atoms with Crippen LogP contribution < -0.4 is 0 Å². The first-order valence-electron chi connectivity index (χ1n) is 16.5. The van der Waals surface area contributed by atoms with Gasteiger partial charge in [0.1, 0.15) is 0 Å². The van der Waals surface area contributed by atoms with Crippen LogP contribution in [0.3, 0.4) is 0 Å². The highest BCUT2D eigenvalue weighted by molar-refractivity contribution is 5.87. The summed E-state index contributed by atoms with van der Waals surface area (Å²) in [6.45, 7) is 4.65. The van der Waals surface area contributed by atoms with Crippen molar-refractivity contribution in [1.82, 2.24) is 15.0 Å². The third kappa shape index (κ3) is 4.13. The molecule has 5 aromatic rings. The van der Waals surface area contributed by atoms with E-state index in [1.165, 1.54) is 60.8 Å². The van der Waals surface area contributed by atoms with E-state index in [9.17, 15) is 5.26 Å². The van der Waals surface area contributed by atoms with Gasteiger partial charge in [0.25, 0.3) is 0 Å². The first-order chi connectivity index (χ1) is 21.9. The van der Waals surface area contributed by atoms with Crippen LogP contribution in [0.5, 0.6) is 0 Å². The van der Waals surface area contributed by atoms with Crippen LogP contribution in [0.15, 0.2) is 91.0 Å². The predicted octanol–water partition coefficient (Wildman–Crippen LogP) is 9.52. The number of rotatable bonds is 4. The standard InChI is InChI=1S/C41H36N4/c1-40(2)34-20-32(41-21-25-15-26(22-41)17-27(16-25)23-41)13-14-33(34)36-31(24-42)18-30(19-35(36)40)39-44-37(28-9-5-3-6-10-28)43-38(45-39)29-11-7-4-8-12-29/h3-14,18-20,25-27H,15-17,21-23H2,1-2H3. The van der Waals surface area contributed by atoms with Gasteiger partial charge in [-0.05, 0) is 96.1 Å². The van der Waals surface area contributed by atoms with Crippen LogP contribution in [-0.2, 0) is 10.8 Å². The quantitative estimate of drug-likeness (QED) is 0.211. The lowest BCUT2D eigenvalue weighted by Crippen LogP contribution is -2.48. The van der Waals surface area contributed by atoms with E-state index < -0.39 is 0 Å². The lowest BCUT2D eigenvalue weighted by Gasteiger charge is -2.57. The number of aromatic nitrogens is 3. The van der Waals surface area contributed by atoms with E-state index in [1.54, 1.807) is 0 Å². The van der Waals surface area contributed by atoms with E-state index in [-0.39, 0.29) is 5.41 Å². The van der Waals surface area contributed by atoms with Gasteiger partial charge in [-0.1, -0.05) is 92.7 Å². The molecule has 1 aromatic heterocycles. The summed E-state index contributed by atoms with van der Waals surface area (Å²) in [7, 11) is 0. The van der Waals surface area contributed by atoms with Crippen molar-refractivity contribution in [1.29, 1.82) is 5.26 Å². The van der Waals surface area contributed by atoms with Gasteiger partial charge in [0.15, 0.2) is 17.5 Å². The Morgan fingerprint density at radius 1 is 0.622 bits per heavy atom. The van der Waals surface area contributed by atoms with Crippen LogP contribution in [0.25, 0.3) is 45.3 Å². The summed E-state index contributed by atoms with van der Waals surface area (Å²) in [5, 5.41) is 10.5. The molecule has 0 N–H and O–H groups in total. The average Bonchev–Trinajstić information content (AvgIpc) is 3.30. The Balaban J connectivity index is 1.18. The van der Waals surface area contributed by atoms with Crippen molar-refractivity contribution >= 4 is 0 Å². The highest BCUT2D eigenvalue weighted by atomic mass is 15.0. The minimum absolute atomic E-state index is 0.248. The monoisotopic (exact) mass is 584 g/mol. The molecule has 4 saturated carbocycles. The molecule has 0 spiro atoms. The molecule has 5 aliphatic carbocycles. The second-order valence-electron chi connectivity index (χ2n) is 14.7. The summed E-state index contributed by atoms with van der Waals surface area (Å²) in [6.07, 6.45) is 8.41. The zero-order valence-corrected chi connectivity index (χ0v) is 25.9. The molecule has 4 heteroatoms. The number of hydrogen-bond donors (Lipinski definition) is 0. The van der Waals surface area contributed by atoms with E-state index in [0.29, 0.717) is 28.5 Å². The summed E-state index contributed by atoms with van der Waals surface area (Å²) in [5.41, 5.74) is 9.83. The molecule has 10 rings (SSSR count). The minimum Gasteiger partial charge on any atom is -0.208 e. The first kappa shape index (κ1) is 26.8. The molecule has 45 heavy (non-hydrogen) atoms. The zero-order chi connectivity index (χ0) is 30.3. The van der Waals surface area contributed by atoms with Crippen molar-refractivity contribution < 1.29 is 0 Å². The first-order valence-corrected chi connectivity index (χ1v) is 16.5. The fourth-order valence-electron chi connectivity index (χ4n) is 9.80. The highest BCUT2D eigenvalue weighted by Gasteiger charge is 2.52. The molecule has 0 atom stereocenters. The van der Waals surface area contributed by atoms with Crippen LogP contribution in [0, 0.1) is 29.1 Å². The highest BCUT2D eigenvalue weighted by Crippen LogP contribution is 2.62. The van der Waals surface area contributed by atoms with Crippen molar-refractivity contribution in [3.05, 3.63) is 113 Å². The van der Waals surface area contributed by atoms with Gasteiger partial charge >= 0.3 is 0 Å². The summed E-state index contributed by atoms with van der Waals surface area (Å²) < 4.78 is 0. The number of hydrogen-bond acceptors (Lipinski definition) is 4. The van der Waals surface area contributed by atoms with E-state index in [2.05, 4.69) is 44.2 Å². The van der Waals surface area contributed by atoms with E-state index in [0.717, 1.165) is 40.0 Å². The Kier molecular flexibility index (Phi) is 5.76. The molecule has 0 aliphatic heterocycles. The van der Waals surface area contributed by atoms with Crippen molar-refractivity contribution in [2.45, 2.75) is 63.2 Å². The van der Waals surface area contributed by atoms with Gasteiger partial charge in [-0.25, -0.2) is 15.0 Å². The maximum atomic E-state index is 10.5. The Hall–Kier alpha value is -4.62. The van der Waals surface area contributed by atoms with E-state index in [4.69, 9.17) is 15.0 Å². The summed E-state index contributed by atoms with van der Waals surface area (Å²) in [6, 6.07) is 34.2. The minimum atomic E-state index is -0.248. The Morgan fingerprint density at radius 2 is 1.16 bits per heavy atom. The van der Waals surface area contributed by atoms with Gasteiger partial charge in [0, 0.05) is 27.7 Å². The second kappa shape index (κ2) is 9.69. The number of benzene rings is 4. The van der Waals surface area contributed by atoms with Gasteiger partial charge in [0.2, 0.25) is 0 Å². The normalized spacial score (nSPS) is 25.0. The van der Waals surface area contributed by atoms with Crippen LogP contribution >= 0.6 is 0 Å².